The van der Waals surface area contributed by atoms with Crippen LogP contribution in [0, 0.1) is 16.1 Å². The number of rotatable bonds is 7. The minimum atomic E-state index is 0.482. The van der Waals surface area contributed by atoms with Crippen LogP contribution in [0.1, 0.15) is 13.3 Å². The zero-order valence-corrected chi connectivity index (χ0v) is 15.4. The van der Waals surface area contributed by atoms with Crippen LogP contribution in [0.4, 0.5) is 0 Å². The molecule has 0 unspecified atom stereocenters. The Kier molecular flexibility index (Phi) is 5.89. The number of hydrogen-bond acceptors (Lipinski definition) is 5. The zero-order valence-electron chi connectivity index (χ0n) is 14.6. The number of para-hydroxylation sites is 1. The molecule has 6 nitrogen and oxygen atoms in total. The summed E-state index contributed by atoms with van der Waals surface area (Å²) >= 11 is 5.73. The van der Waals surface area contributed by atoms with E-state index in [0.29, 0.717) is 24.4 Å². The van der Waals surface area contributed by atoms with E-state index in [0.717, 1.165) is 23.6 Å². The van der Waals surface area contributed by atoms with Gasteiger partial charge < -0.3 is 0 Å². The number of pyridine rings is 1. The van der Waals surface area contributed by atoms with Gasteiger partial charge in [-0.1, -0.05) is 25.1 Å². The van der Waals surface area contributed by atoms with Gasteiger partial charge in [-0.3, -0.25) is 14.5 Å². The molecular weight excluding hydrogens is 344 g/mol. The van der Waals surface area contributed by atoms with Gasteiger partial charge in [0.1, 0.15) is 0 Å². The van der Waals surface area contributed by atoms with Gasteiger partial charge in [-0.2, -0.15) is 5.26 Å². The smallest absolute Gasteiger partial charge is 0.204 e. The molecule has 0 N–H and O–H groups in total. The highest BCUT2D eigenvalue weighted by molar-refractivity contribution is 7.71. The second-order valence-electron chi connectivity index (χ2n) is 5.78. The molecule has 0 aliphatic carbocycles. The van der Waals surface area contributed by atoms with E-state index >= 15 is 0 Å². The molecule has 1 aromatic carbocycles. The lowest BCUT2D eigenvalue weighted by Crippen LogP contribution is -2.28. The van der Waals surface area contributed by atoms with Gasteiger partial charge in [-0.25, -0.2) is 4.68 Å². The Labute approximate surface area is 158 Å². The SMILES string of the molecule is CCN(CCC#N)Cn1nc(-c2cccnc2)n(-c2ccccc2)c1=S. The van der Waals surface area contributed by atoms with Crippen molar-refractivity contribution in [2.24, 2.45) is 0 Å². The van der Waals surface area contributed by atoms with Gasteiger partial charge in [0.05, 0.1) is 12.7 Å². The van der Waals surface area contributed by atoms with Crippen LogP contribution >= 0.6 is 12.2 Å². The van der Waals surface area contributed by atoms with Gasteiger partial charge in [0.25, 0.3) is 0 Å². The molecule has 0 saturated heterocycles. The maximum atomic E-state index is 8.85. The number of benzene rings is 1. The molecule has 0 aliphatic rings. The predicted molar refractivity (Wildman–Crippen MR) is 103 cm³/mol. The molecule has 26 heavy (non-hydrogen) atoms. The average molecular weight is 364 g/mol. The van der Waals surface area contributed by atoms with E-state index in [2.05, 4.69) is 22.9 Å². The van der Waals surface area contributed by atoms with E-state index in [-0.39, 0.29) is 0 Å². The Bertz CT molecular complexity index is 940. The van der Waals surface area contributed by atoms with Gasteiger partial charge in [-0.15, -0.1) is 5.10 Å². The van der Waals surface area contributed by atoms with E-state index in [1.807, 2.05) is 51.7 Å². The van der Waals surface area contributed by atoms with Gasteiger partial charge in [0.15, 0.2) is 5.82 Å². The lowest BCUT2D eigenvalue weighted by Gasteiger charge is -2.18. The van der Waals surface area contributed by atoms with E-state index in [1.165, 1.54) is 0 Å². The molecule has 0 bridgehead atoms. The third-order valence-corrected chi connectivity index (χ3v) is 4.49. The quantitative estimate of drug-likeness (QED) is 0.599. The van der Waals surface area contributed by atoms with E-state index in [9.17, 15) is 0 Å². The summed E-state index contributed by atoms with van der Waals surface area (Å²) in [4.78, 5) is 6.36. The summed E-state index contributed by atoms with van der Waals surface area (Å²) in [5.74, 6) is 0.755. The summed E-state index contributed by atoms with van der Waals surface area (Å²) in [5.41, 5.74) is 1.86. The van der Waals surface area contributed by atoms with Gasteiger partial charge in [0, 0.05) is 36.6 Å². The van der Waals surface area contributed by atoms with Crippen LogP contribution < -0.4 is 0 Å². The first-order valence-electron chi connectivity index (χ1n) is 8.49. The minimum Gasteiger partial charge on any atom is -0.284 e. The highest BCUT2D eigenvalue weighted by atomic mass is 32.1. The summed E-state index contributed by atoms with van der Waals surface area (Å²) < 4.78 is 4.39. The minimum absolute atomic E-state index is 0.482. The van der Waals surface area contributed by atoms with Crippen LogP contribution in [0.3, 0.4) is 0 Å². The third-order valence-electron chi connectivity index (χ3n) is 4.09. The van der Waals surface area contributed by atoms with Crippen LogP contribution in [0.25, 0.3) is 17.1 Å². The molecule has 0 amide bonds. The fourth-order valence-electron chi connectivity index (χ4n) is 2.72. The third kappa shape index (κ3) is 3.87. The van der Waals surface area contributed by atoms with Crippen molar-refractivity contribution in [3.63, 3.8) is 0 Å². The van der Waals surface area contributed by atoms with E-state index in [1.54, 1.807) is 12.4 Å². The molecule has 0 saturated carbocycles. The van der Waals surface area contributed by atoms with Crippen molar-refractivity contribution in [2.75, 3.05) is 13.1 Å². The summed E-state index contributed by atoms with van der Waals surface area (Å²) in [6.45, 7) is 4.13. The van der Waals surface area contributed by atoms with Crippen LogP contribution in [-0.2, 0) is 6.67 Å². The molecule has 2 heterocycles. The molecule has 0 aliphatic heterocycles. The molecule has 0 radical (unpaired) electrons. The van der Waals surface area contributed by atoms with Crippen molar-refractivity contribution in [1.29, 1.82) is 5.26 Å². The van der Waals surface area contributed by atoms with Crippen LogP contribution in [-0.4, -0.2) is 37.3 Å². The van der Waals surface area contributed by atoms with E-state index in [4.69, 9.17) is 22.6 Å². The summed E-state index contributed by atoms with van der Waals surface area (Å²) in [5, 5.41) is 13.6. The van der Waals surface area contributed by atoms with Crippen molar-refractivity contribution in [1.82, 2.24) is 24.2 Å². The van der Waals surface area contributed by atoms with Crippen molar-refractivity contribution >= 4 is 12.2 Å². The fraction of sp³-hybridized carbons (Fsp3) is 0.263. The predicted octanol–water partition coefficient (Wildman–Crippen LogP) is 3.66. The monoisotopic (exact) mass is 364 g/mol. The number of aromatic nitrogens is 4. The molecule has 2 aromatic heterocycles. The van der Waals surface area contributed by atoms with Gasteiger partial charge in [0.2, 0.25) is 4.77 Å². The standard InChI is InChI=1S/C19H20N6S/c1-2-23(13-7-11-20)15-24-19(26)25(17-9-4-3-5-10-17)18(22-24)16-8-6-12-21-14-16/h3-6,8-10,12,14H,2,7,13,15H2,1H3. The molecule has 132 valence electrons. The second-order valence-corrected chi connectivity index (χ2v) is 6.14. The second kappa shape index (κ2) is 8.52. The zero-order chi connectivity index (χ0) is 18.4. The summed E-state index contributed by atoms with van der Waals surface area (Å²) in [6.07, 6.45) is 4.01. The number of hydrogen-bond donors (Lipinski definition) is 0. The number of nitrogens with zero attached hydrogens (tertiary/aromatic N) is 6. The lowest BCUT2D eigenvalue weighted by molar-refractivity contribution is 0.220. The molecular formula is C19H20N6S. The average Bonchev–Trinajstić information content (AvgIpc) is 3.02. The van der Waals surface area contributed by atoms with Gasteiger partial charge >= 0.3 is 0 Å². The maximum Gasteiger partial charge on any atom is 0.204 e. The molecule has 3 rings (SSSR count). The topological polar surface area (TPSA) is 62.7 Å². The summed E-state index contributed by atoms with van der Waals surface area (Å²) in [6, 6.07) is 16.0. The van der Waals surface area contributed by atoms with Crippen molar-refractivity contribution in [3.05, 3.63) is 59.6 Å². The molecule has 3 aromatic rings. The Morgan fingerprint density at radius 1 is 1.19 bits per heavy atom. The maximum absolute atomic E-state index is 8.85. The lowest BCUT2D eigenvalue weighted by atomic mass is 10.2. The van der Waals surface area contributed by atoms with Crippen molar-refractivity contribution in [3.8, 4) is 23.1 Å². The van der Waals surface area contributed by atoms with Crippen molar-refractivity contribution < 1.29 is 0 Å². The highest BCUT2D eigenvalue weighted by Crippen LogP contribution is 2.22. The first kappa shape index (κ1) is 18.0. The highest BCUT2D eigenvalue weighted by Gasteiger charge is 2.16. The molecule has 0 fully saturated rings. The normalized spacial score (nSPS) is 10.8. The first-order chi connectivity index (χ1) is 12.7. The fourth-order valence-corrected chi connectivity index (χ4v) is 3.01. The van der Waals surface area contributed by atoms with Crippen LogP contribution in [0.15, 0.2) is 54.9 Å². The van der Waals surface area contributed by atoms with Gasteiger partial charge in [-0.05, 0) is 43.0 Å². The Morgan fingerprint density at radius 2 is 2.00 bits per heavy atom. The Hall–Kier alpha value is -2.82. The molecule has 0 spiro atoms. The van der Waals surface area contributed by atoms with Crippen molar-refractivity contribution in [2.45, 2.75) is 20.0 Å². The Balaban J connectivity index is 2.07. The summed E-state index contributed by atoms with van der Waals surface area (Å²) in [7, 11) is 0. The number of nitriles is 1. The first-order valence-corrected chi connectivity index (χ1v) is 8.90. The van der Waals surface area contributed by atoms with Crippen LogP contribution in [0.5, 0.6) is 0 Å². The Morgan fingerprint density at radius 3 is 2.65 bits per heavy atom. The molecule has 7 heteroatoms. The van der Waals surface area contributed by atoms with Crippen LogP contribution in [0.2, 0.25) is 0 Å². The molecule has 0 atom stereocenters. The largest absolute Gasteiger partial charge is 0.284 e. The van der Waals surface area contributed by atoms with E-state index < -0.39 is 0 Å².